The van der Waals surface area contributed by atoms with Gasteiger partial charge in [0.05, 0.1) is 0 Å². The van der Waals surface area contributed by atoms with Crippen molar-refractivity contribution < 1.29 is 4.39 Å². The molecule has 4 heteroatoms. The van der Waals surface area contributed by atoms with E-state index in [0.717, 1.165) is 28.8 Å². The zero-order valence-corrected chi connectivity index (χ0v) is 11.6. The fourth-order valence-corrected chi connectivity index (χ4v) is 3.33. The van der Waals surface area contributed by atoms with E-state index in [4.69, 9.17) is 0 Å². The summed E-state index contributed by atoms with van der Waals surface area (Å²) in [5.74, 6) is 0.824. The minimum atomic E-state index is -0.115. The molecular weight excluding hydrogens is 289 g/mol. The fourth-order valence-electron chi connectivity index (χ4n) is 1.84. The molecular formula is C12H15BrFNS. The van der Waals surface area contributed by atoms with Crippen LogP contribution in [0.3, 0.4) is 0 Å². The molecule has 2 unspecified atom stereocenters. The summed E-state index contributed by atoms with van der Waals surface area (Å²) in [6.07, 6.45) is 1.15. The standard InChI is InChI=1S/C12H15BrFNS/c1-8-4-5-15-12(7-16-8)10-6-9(13)2-3-11(10)14/h2-3,6,8,12,15H,4-5,7H2,1H3. The number of nitrogens with one attached hydrogen (secondary N) is 1. The molecule has 0 aliphatic carbocycles. The van der Waals surface area contributed by atoms with Crippen molar-refractivity contribution in [2.45, 2.75) is 24.6 Å². The van der Waals surface area contributed by atoms with E-state index in [-0.39, 0.29) is 11.9 Å². The van der Waals surface area contributed by atoms with Gasteiger partial charge in [0.25, 0.3) is 0 Å². The molecule has 0 spiro atoms. The maximum Gasteiger partial charge on any atom is 0.128 e. The van der Waals surface area contributed by atoms with Crippen LogP contribution in [0, 0.1) is 5.82 Å². The molecule has 1 nitrogen and oxygen atoms in total. The summed E-state index contributed by atoms with van der Waals surface area (Å²) in [7, 11) is 0. The molecule has 1 heterocycles. The van der Waals surface area contributed by atoms with Crippen LogP contribution in [0.2, 0.25) is 0 Å². The first-order valence-electron chi connectivity index (χ1n) is 5.47. The van der Waals surface area contributed by atoms with Crippen molar-refractivity contribution in [1.82, 2.24) is 5.32 Å². The van der Waals surface area contributed by atoms with Gasteiger partial charge in [-0.05, 0) is 31.2 Å². The summed E-state index contributed by atoms with van der Waals surface area (Å²) >= 11 is 5.30. The Bertz CT molecular complexity index is 372. The van der Waals surface area contributed by atoms with Crippen LogP contribution in [0.1, 0.15) is 24.9 Å². The summed E-state index contributed by atoms with van der Waals surface area (Å²) in [6, 6.07) is 5.28. The summed E-state index contributed by atoms with van der Waals surface area (Å²) in [6.45, 7) is 3.19. The summed E-state index contributed by atoms with van der Waals surface area (Å²) in [4.78, 5) is 0. The Morgan fingerprint density at radius 2 is 2.31 bits per heavy atom. The van der Waals surface area contributed by atoms with Crippen molar-refractivity contribution in [2.75, 3.05) is 12.3 Å². The maximum absolute atomic E-state index is 13.7. The molecule has 16 heavy (non-hydrogen) atoms. The van der Waals surface area contributed by atoms with Gasteiger partial charge in [-0.1, -0.05) is 22.9 Å². The monoisotopic (exact) mass is 303 g/mol. The normalized spacial score (nSPS) is 26.4. The van der Waals surface area contributed by atoms with Gasteiger partial charge >= 0.3 is 0 Å². The third-order valence-corrected chi connectivity index (χ3v) is 4.65. The molecule has 2 rings (SSSR count). The molecule has 88 valence electrons. The summed E-state index contributed by atoms with van der Waals surface area (Å²) in [5, 5.41) is 4.07. The second kappa shape index (κ2) is 5.52. The Morgan fingerprint density at radius 1 is 1.50 bits per heavy atom. The first-order chi connectivity index (χ1) is 7.66. The number of rotatable bonds is 1. The summed E-state index contributed by atoms with van der Waals surface area (Å²) < 4.78 is 14.7. The van der Waals surface area contributed by atoms with E-state index in [1.54, 1.807) is 6.07 Å². The van der Waals surface area contributed by atoms with Crippen molar-refractivity contribution in [3.63, 3.8) is 0 Å². The van der Waals surface area contributed by atoms with Crippen molar-refractivity contribution >= 4 is 27.7 Å². The second-order valence-corrected chi connectivity index (χ2v) is 6.49. The van der Waals surface area contributed by atoms with Crippen LogP contribution in [0.5, 0.6) is 0 Å². The third kappa shape index (κ3) is 2.99. The highest BCUT2D eigenvalue weighted by molar-refractivity contribution is 9.10. The van der Waals surface area contributed by atoms with E-state index >= 15 is 0 Å². The molecule has 1 saturated heterocycles. The molecule has 1 aliphatic rings. The quantitative estimate of drug-likeness (QED) is 0.848. The number of hydrogen-bond donors (Lipinski definition) is 1. The van der Waals surface area contributed by atoms with Gasteiger partial charge in [0.2, 0.25) is 0 Å². The van der Waals surface area contributed by atoms with Crippen LogP contribution in [-0.2, 0) is 0 Å². The smallest absolute Gasteiger partial charge is 0.128 e. The second-order valence-electron chi connectivity index (χ2n) is 4.11. The minimum Gasteiger partial charge on any atom is -0.309 e. The van der Waals surface area contributed by atoms with Gasteiger partial charge in [0, 0.05) is 27.1 Å². The Kier molecular flexibility index (Phi) is 4.27. The lowest BCUT2D eigenvalue weighted by atomic mass is 10.1. The first kappa shape index (κ1) is 12.4. The molecule has 1 aromatic rings. The largest absolute Gasteiger partial charge is 0.309 e. The molecule has 1 aromatic carbocycles. The van der Waals surface area contributed by atoms with Crippen LogP contribution < -0.4 is 5.32 Å². The molecule has 0 aromatic heterocycles. The Hall–Kier alpha value is -0.0600. The van der Waals surface area contributed by atoms with Gasteiger partial charge < -0.3 is 5.32 Å². The minimum absolute atomic E-state index is 0.115. The molecule has 0 amide bonds. The van der Waals surface area contributed by atoms with E-state index in [1.165, 1.54) is 6.07 Å². The average Bonchev–Trinajstić information content (AvgIpc) is 2.47. The predicted molar refractivity (Wildman–Crippen MR) is 71.4 cm³/mol. The lowest BCUT2D eigenvalue weighted by molar-refractivity contribution is 0.534. The number of hydrogen-bond acceptors (Lipinski definition) is 2. The fraction of sp³-hybridized carbons (Fsp3) is 0.500. The zero-order chi connectivity index (χ0) is 11.5. The topological polar surface area (TPSA) is 12.0 Å². The average molecular weight is 304 g/mol. The van der Waals surface area contributed by atoms with Crippen LogP contribution >= 0.6 is 27.7 Å². The van der Waals surface area contributed by atoms with Crippen molar-refractivity contribution in [3.05, 3.63) is 34.1 Å². The molecule has 0 radical (unpaired) electrons. The highest BCUT2D eigenvalue weighted by Gasteiger charge is 2.20. The van der Waals surface area contributed by atoms with E-state index in [9.17, 15) is 4.39 Å². The highest BCUT2D eigenvalue weighted by atomic mass is 79.9. The van der Waals surface area contributed by atoms with E-state index in [0.29, 0.717) is 5.25 Å². The zero-order valence-electron chi connectivity index (χ0n) is 9.17. The van der Waals surface area contributed by atoms with Gasteiger partial charge in [-0.15, -0.1) is 0 Å². The Morgan fingerprint density at radius 3 is 3.12 bits per heavy atom. The van der Waals surface area contributed by atoms with Crippen molar-refractivity contribution in [1.29, 1.82) is 0 Å². The highest BCUT2D eigenvalue weighted by Crippen LogP contribution is 2.28. The molecule has 1 N–H and O–H groups in total. The first-order valence-corrected chi connectivity index (χ1v) is 7.31. The van der Waals surface area contributed by atoms with Crippen LogP contribution in [0.4, 0.5) is 4.39 Å². The lowest BCUT2D eigenvalue weighted by Crippen LogP contribution is -2.23. The SMILES string of the molecule is CC1CCNC(c2cc(Br)ccc2F)CS1. The van der Waals surface area contributed by atoms with Crippen molar-refractivity contribution in [2.24, 2.45) is 0 Å². The molecule has 1 fully saturated rings. The lowest BCUT2D eigenvalue weighted by Gasteiger charge is -2.16. The van der Waals surface area contributed by atoms with E-state index in [1.807, 2.05) is 17.8 Å². The van der Waals surface area contributed by atoms with Gasteiger partial charge in [0.1, 0.15) is 5.82 Å². The van der Waals surface area contributed by atoms with Gasteiger partial charge in [0.15, 0.2) is 0 Å². The maximum atomic E-state index is 13.7. The Labute approximate surface area is 108 Å². The molecule has 0 bridgehead atoms. The Balaban J connectivity index is 2.19. The number of benzene rings is 1. The molecule has 0 saturated carbocycles. The van der Waals surface area contributed by atoms with Crippen molar-refractivity contribution in [3.8, 4) is 0 Å². The van der Waals surface area contributed by atoms with Gasteiger partial charge in [-0.2, -0.15) is 11.8 Å². The predicted octanol–water partition coefficient (Wildman–Crippen LogP) is 3.74. The van der Waals surface area contributed by atoms with Crippen LogP contribution in [0.25, 0.3) is 0 Å². The molecule has 2 atom stereocenters. The summed E-state index contributed by atoms with van der Waals surface area (Å²) in [5.41, 5.74) is 0.774. The van der Waals surface area contributed by atoms with Gasteiger partial charge in [-0.3, -0.25) is 0 Å². The van der Waals surface area contributed by atoms with Crippen LogP contribution in [-0.4, -0.2) is 17.5 Å². The third-order valence-electron chi connectivity index (χ3n) is 2.82. The van der Waals surface area contributed by atoms with E-state index < -0.39 is 0 Å². The van der Waals surface area contributed by atoms with E-state index in [2.05, 4.69) is 28.2 Å². The molecule has 1 aliphatic heterocycles. The number of halogens is 2. The number of thioether (sulfide) groups is 1. The van der Waals surface area contributed by atoms with Gasteiger partial charge in [-0.25, -0.2) is 4.39 Å². The van der Waals surface area contributed by atoms with Crippen LogP contribution in [0.15, 0.2) is 22.7 Å².